The fourth-order valence-electron chi connectivity index (χ4n) is 2.12. The van der Waals surface area contributed by atoms with Crippen LogP contribution in [0.15, 0.2) is 30.3 Å². The van der Waals surface area contributed by atoms with Crippen LogP contribution in [0.2, 0.25) is 5.15 Å². The van der Waals surface area contributed by atoms with Crippen LogP contribution >= 0.6 is 11.6 Å². The summed E-state index contributed by atoms with van der Waals surface area (Å²) in [5.41, 5.74) is 2.07. The van der Waals surface area contributed by atoms with Crippen molar-refractivity contribution in [3.8, 4) is 0 Å². The fourth-order valence-corrected chi connectivity index (χ4v) is 2.42. The van der Waals surface area contributed by atoms with Gasteiger partial charge in [0.2, 0.25) is 5.15 Å². The number of pyridine rings is 1. The van der Waals surface area contributed by atoms with Crippen LogP contribution in [0.25, 0.3) is 0 Å². The van der Waals surface area contributed by atoms with Crippen LogP contribution in [-0.2, 0) is 6.42 Å². The maximum absolute atomic E-state index is 11.2. The molecule has 1 heterocycles. The molecule has 0 atom stereocenters. The van der Waals surface area contributed by atoms with Crippen LogP contribution in [0.1, 0.15) is 11.3 Å². The van der Waals surface area contributed by atoms with Crippen LogP contribution in [-0.4, -0.2) is 22.5 Å². The van der Waals surface area contributed by atoms with Crippen molar-refractivity contribution < 1.29 is 14.8 Å². The van der Waals surface area contributed by atoms with E-state index in [1.165, 1.54) is 0 Å². The Morgan fingerprint density at radius 3 is 2.58 bits per heavy atom. The predicted octanol–water partition coefficient (Wildman–Crippen LogP) is 2.17. The van der Waals surface area contributed by atoms with Crippen LogP contribution in [0.4, 0.5) is 21.9 Å². The molecule has 9 heteroatoms. The van der Waals surface area contributed by atoms with Crippen molar-refractivity contribution in [1.29, 1.82) is 0 Å². The van der Waals surface area contributed by atoms with E-state index >= 15 is 0 Å². The molecule has 8 nitrogen and oxygen atoms in total. The third-order valence-electron chi connectivity index (χ3n) is 3.18. The van der Waals surface area contributed by atoms with Gasteiger partial charge in [0.05, 0.1) is 4.92 Å². The van der Waals surface area contributed by atoms with Gasteiger partial charge in [0.15, 0.2) is 0 Å². The molecular weight excluding hydrogens is 336 g/mol. The summed E-state index contributed by atoms with van der Waals surface area (Å²) in [6, 6.07) is 8.60. The van der Waals surface area contributed by atoms with Crippen molar-refractivity contribution in [2.45, 2.75) is 13.3 Å². The number of aromatic nitrogens is 1. The van der Waals surface area contributed by atoms with Gasteiger partial charge in [-0.1, -0.05) is 23.7 Å². The molecule has 24 heavy (non-hydrogen) atoms. The van der Waals surface area contributed by atoms with E-state index in [0.717, 1.165) is 5.56 Å². The molecule has 0 saturated carbocycles. The van der Waals surface area contributed by atoms with Crippen LogP contribution in [0, 0.1) is 17.0 Å². The number of anilines is 2. The van der Waals surface area contributed by atoms with E-state index in [1.54, 1.807) is 37.3 Å². The maximum Gasteiger partial charge on any atom is 0.329 e. The predicted molar refractivity (Wildman–Crippen MR) is 87.5 cm³/mol. The zero-order valence-corrected chi connectivity index (χ0v) is 13.5. The molecule has 0 aliphatic heterocycles. The van der Waals surface area contributed by atoms with Crippen molar-refractivity contribution >= 4 is 34.8 Å². The largest absolute Gasteiger partial charge is 0.530 e. The normalized spacial score (nSPS) is 10.2. The highest BCUT2D eigenvalue weighted by Gasteiger charge is 2.21. The number of nitrogens with one attached hydrogen (secondary N) is 2. The highest BCUT2D eigenvalue weighted by Crippen LogP contribution is 2.33. The highest BCUT2D eigenvalue weighted by atomic mass is 35.5. The Bertz CT molecular complexity index is 765. The third kappa shape index (κ3) is 4.56. The summed E-state index contributed by atoms with van der Waals surface area (Å²) < 4.78 is 0. The van der Waals surface area contributed by atoms with Gasteiger partial charge >= 0.3 is 5.69 Å². The lowest BCUT2D eigenvalue weighted by Crippen LogP contribution is -2.37. The molecule has 1 amide bonds. The number of hydrogen-bond donors (Lipinski definition) is 2. The lowest BCUT2D eigenvalue weighted by atomic mass is 10.1. The van der Waals surface area contributed by atoms with Crippen LogP contribution in [0.3, 0.4) is 0 Å². The van der Waals surface area contributed by atoms with Gasteiger partial charge in [-0.3, -0.25) is 10.1 Å². The van der Waals surface area contributed by atoms with E-state index in [0.29, 0.717) is 17.8 Å². The highest BCUT2D eigenvalue weighted by molar-refractivity contribution is 6.32. The summed E-state index contributed by atoms with van der Waals surface area (Å²) in [6.45, 7) is 1.94. The molecule has 0 saturated heterocycles. The van der Waals surface area contributed by atoms with Crippen molar-refractivity contribution in [1.82, 2.24) is 10.3 Å². The number of carboxylic acid groups (broad SMARTS) is 1. The van der Waals surface area contributed by atoms with Crippen molar-refractivity contribution in [2.24, 2.45) is 0 Å². The molecule has 126 valence electrons. The van der Waals surface area contributed by atoms with E-state index in [-0.39, 0.29) is 23.1 Å². The zero-order chi connectivity index (χ0) is 17.7. The monoisotopic (exact) mass is 349 g/mol. The molecule has 2 N–H and O–H groups in total. The molecule has 2 aromatic rings. The Hall–Kier alpha value is -2.87. The van der Waals surface area contributed by atoms with Gasteiger partial charge in [0, 0.05) is 17.9 Å². The van der Waals surface area contributed by atoms with Crippen molar-refractivity contribution in [3.05, 3.63) is 56.9 Å². The zero-order valence-electron chi connectivity index (χ0n) is 12.7. The second-order valence-corrected chi connectivity index (χ2v) is 5.35. The summed E-state index contributed by atoms with van der Waals surface area (Å²) in [4.78, 5) is 24.7. The fraction of sp³-hybridized carbons (Fsp3) is 0.200. The number of rotatable bonds is 6. The second kappa shape index (κ2) is 7.60. The quantitative estimate of drug-likeness (QED) is 0.468. The summed E-state index contributed by atoms with van der Waals surface area (Å²) in [6.07, 6.45) is -0.806. The van der Waals surface area contributed by atoms with Gasteiger partial charge in [-0.05, 0) is 37.1 Å². The lowest BCUT2D eigenvalue weighted by Gasteiger charge is -2.10. The minimum absolute atomic E-state index is 0.174. The first kappa shape index (κ1) is 17.5. The molecule has 0 bridgehead atoms. The molecule has 1 aromatic heterocycles. The molecule has 0 aliphatic carbocycles. The summed E-state index contributed by atoms with van der Waals surface area (Å²) in [7, 11) is 0. The maximum atomic E-state index is 11.2. The Morgan fingerprint density at radius 1 is 1.33 bits per heavy atom. The van der Waals surface area contributed by atoms with Crippen LogP contribution in [0.5, 0.6) is 0 Å². The van der Waals surface area contributed by atoms with E-state index in [1.807, 2.05) is 0 Å². The summed E-state index contributed by atoms with van der Waals surface area (Å²) >= 11 is 5.85. The average molecular weight is 350 g/mol. The number of hydrogen-bond acceptors (Lipinski definition) is 6. The number of nitro groups is 1. The van der Waals surface area contributed by atoms with Gasteiger partial charge in [-0.15, -0.1) is 0 Å². The van der Waals surface area contributed by atoms with Gasteiger partial charge in [0.25, 0.3) is 0 Å². The molecule has 2 rings (SSSR count). The smallest absolute Gasteiger partial charge is 0.329 e. The van der Waals surface area contributed by atoms with Gasteiger partial charge in [-0.2, -0.15) is 0 Å². The molecule has 0 unspecified atom stereocenters. The third-order valence-corrected chi connectivity index (χ3v) is 3.44. The molecular formula is C15H14ClN4O4-. The number of nitrogens with zero attached hydrogens (tertiary/aromatic N) is 2. The first-order valence-corrected chi connectivity index (χ1v) is 7.37. The average Bonchev–Trinajstić information content (AvgIpc) is 2.47. The van der Waals surface area contributed by atoms with Crippen LogP contribution < -0.4 is 15.7 Å². The van der Waals surface area contributed by atoms with E-state index in [4.69, 9.17) is 11.6 Å². The van der Waals surface area contributed by atoms with E-state index < -0.39 is 11.0 Å². The van der Waals surface area contributed by atoms with E-state index in [9.17, 15) is 20.0 Å². The minimum Gasteiger partial charge on any atom is -0.530 e. The Kier molecular flexibility index (Phi) is 5.54. The Labute approximate surface area is 142 Å². The van der Waals surface area contributed by atoms with Gasteiger partial charge < -0.3 is 20.5 Å². The standard InChI is InChI=1S/C15H15ClN4O4/c1-9-8-12(13(20(23)24)14(16)18-9)19-11-4-2-10(3-5-11)6-7-17-15(21)22/h2-5,8,17H,6-7H2,1H3,(H,18,19)(H,21,22)/p-1. The SMILES string of the molecule is Cc1cc(Nc2ccc(CCNC(=O)[O-])cc2)c([N+](=O)[O-])c(Cl)n1. The first-order chi connectivity index (χ1) is 11.4. The van der Waals surface area contributed by atoms with Gasteiger partial charge in [-0.25, -0.2) is 4.98 Å². The summed E-state index contributed by atoms with van der Waals surface area (Å²) in [5.74, 6) is 0. The molecule has 1 aromatic carbocycles. The number of carbonyl (C=O) groups is 1. The Balaban J connectivity index is 2.14. The number of aryl methyl sites for hydroxylation is 1. The first-order valence-electron chi connectivity index (χ1n) is 6.99. The number of benzene rings is 1. The summed E-state index contributed by atoms with van der Waals surface area (Å²) in [5, 5.41) is 26.4. The minimum atomic E-state index is -1.31. The molecule has 0 fully saturated rings. The molecule has 0 aliphatic rings. The molecule has 0 spiro atoms. The lowest BCUT2D eigenvalue weighted by molar-refractivity contribution is -0.384. The Morgan fingerprint density at radius 2 is 2.00 bits per heavy atom. The number of carbonyl (C=O) groups excluding carboxylic acids is 1. The van der Waals surface area contributed by atoms with Crippen molar-refractivity contribution in [2.75, 3.05) is 11.9 Å². The second-order valence-electron chi connectivity index (χ2n) is 4.99. The number of halogens is 1. The molecule has 0 radical (unpaired) electrons. The van der Waals surface area contributed by atoms with Crippen molar-refractivity contribution in [3.63, 3.8) is 0 Å². The number of amides is 1. The van der Waals surface area contributed by atoms with Gasteiger partial charge in [0.1, 0.15) is 11.8 Å². The van der Waals surface area contributed by atoms with E-state index in [2.05, 4.69) is 15.6 Å². The topological polar surface area (TPSA) is 120 Å².